The molecule has 1 aromatic rings. The molecule has 18 heavy (non-hydrogen) atoms. The molecule has 0 bridgehead atoms. The molecule has 2 N–H and O–H groups in total. The lowest BCUT2D eigenvalue weighted by molar-refractivity contribution is -0.120. The zero-order chi connectivity index (χ0) is 13.5. The van der Waals surface area contributed by atoms with Gasteiger partial charge in [0, 0.05) is 11.6 Å². The minimum absolute atomic E-state index is 0.0868. The quantitative estimate of drug-likeness (QED) is 0.752. The van der Waals surface area contributed by atoms with E-state index in [2.05, 4.69) is 19.2 Å². The van der Waals surface area contributed by atoms with Crippen molar-refractivity contribution >= 4 is 11.6 Å². The van der Waals surface area contributed by atoms with E-state index in [0.29, 0.717) is 0 Å². The summed E-state index contributed by atoms with van der Waals surface area (Å²) in [5.41, 5.74) is 1.53. The van der Waals surface area contributed by atoms with Gasteiger partial charge in [0.05, 0.1) is 0 Å². The summed E-state index contributed by atoms with van der Waals surface area (Å²) in [6.07, 6.45) is 3.90. The monoisotopic (exact) mass is 249 g/mol. The van der Waals surface area contributed by atoms with Gasteiger partial charge in [0.25, 0.3) is 0 Å². The van der Waals surface area contributed by atoms with Crippen LogP contribution >= 0.6 is 0 Å². The fourth-order valence-corrected chi connectivity index (χ4v) is 2.08. The predicted molar refractivity (Wildman–Crippen MR) is 74.8 cm³/mol. The van der Waals surface area contributed by atoms with Gasteiger partial charge in [0.2, 0.25) is 5.91 Å². The van der Waals surface area contributed by atoms with Gasteiger partial charge in [0.1, 0.15) is 5.75 Å². The zero-order valence-corrected chi connectivity index (χ0v) is 11.5. The van der Waals surface area contributed by atoms with Crippen LogP contribution in [0.4, 0.5) is 5.69 Å². The van der Waals surface area contributed by atoms with E-state index >= 15 is 0 Å². The lowest BCUT2D eigenvalue weighted by Crippen LogP contribution is -2.22. The standard InChI is InChI=1S/C15H23NO2/c1-4-6-12(7-5-2)15(18)16-13-8-9-14(17)11(3)10-13/h8-10,12,17H,4-7H2,1-3H3,(H,16,18). The van der Waals surface area contributed by atoms with Gasteiger partial charge in [-0.2, -0.15) is 0 Å². The van der Waals surface area contributed by atoms with Crippen LogP contribution in [-0.2, 0) is 4.79 Å². The summed E-state index contributed by atoms with van der Waals surface area (Å²) < 4.78 is 0. The van der Waals surface area contributed by atoms with Crippen molar-refractivity contribution in [3.05, 3.63) is 23.8 Å². The molecule has 0 atom stereocenters. The SMILES string of the molecule is CCCC(CCC)C(=O)Nc1ccc(O)c(C)c1. The van der Waals surface area contributed by atoms with Gasteiger partial charge in [0.15, 0.2) is 0 Å². The summed E-state index contributed by atoms with van der Waals surface area (Å²) in [5, 5.41) is 12.4. The predicted octanol–water partition coefficient (Wildman–Crippen LogP) is 3.86. The average molecular weight is 249 g/mol. The normalized spacial score (nSPS) is 10.7. The van der Waals surface area contributed by atoms with Gasteiger partial charge in [-0.25, -0.2) is 0 Å². The van der Waals surface area contributed by atoms with Gasteiger partial charge >= 0.3 is 0 Å². The number of rotatable bonds is 6. The van der Waals surface area contributed by atoms with Crippen LogP contribution in [0.1, 0.15) is 45.1 Å². The molecule has 0 aromatic heterocycles. The highest BCUT2D eigenvalue weighted by atomic mass is 16.3. The molecule has 0 fully saturated rings. The number of aromatic hydroxyl groups is 1. The van der Waals surface area contributed by atoms with E-state index < -0.39 is 0 Å². The summed E-state index contributed by atoms with van der Waals surface area (Å²) in [6, 6.07) is 5.14. The summed E-state index contributed by atoms with van der Waals surface area (Å²) in [6.45, 7) is 6.02. The van der Waals surface area contributed by atoms with E-state index in [1.807, 2.05) is 6.92 Å². The number of carbonyl (C=O) groups excluding carboxylic acids is 1. The number of hydrogen-bond acceptors (Lipinski definition) is 2. The Bertz CT molecular complexity index is 395. The van der Waals surface area contributed by atoms with Crippen molar-refractivity contribution in [1.82, 2.24) is 0 Å². The lowest BCUT2D eigenvalue weighted by atomic mass is 9.97. The van der Waals surface area contributed by atoms with Crippen LogP contribution in [0.5, 0.6) is 5.75 Å². The summed E-state index contributed by atoms with van der Waals surface area (Å²) in [4.78, 5) is 12.1. The zero-order valence-electron chi connectivity index (χ0n) is 11.5. The molecule has 3 heteroatoms. The number of carbonyl (C=O) groups is 1. The van der Waals surface area contributed by atoms with E-state index in [0.717, 1.165) is 36.9 Å². The van der Waals surface area contributed by atoms with Crippen LogP contribution in [0.25, 0.3) is 0 Å². The summed E-state index contributed by atoms with van der Waals surface area (Å²) in [5.74, 6) is 0.435. The summed E-state index contributed by atoms with van der Waals surface area (Å²) >= 11 is 0. The number of anilines is 1. The van der Waals surface area contributed by atoms with Crippen LogP contribution in [0.3, 0.4) is 0 Å². The highest BCUT2D eigenvalue weighted by Gasteiger charge is 2.16. The minimum atomic E-state index is 0.0868. The highest BCUT2D eigenvalue weighted by Crippen LogP contribution is 2.22. The Morgan fingerprint density at radius 2 is 1.89 bits per heavy atom. The number of benzene rings is 1. The third-order valence-electron chi connectivity index (χ3n) is 3.11. The molecule has 0 aliphatic carbocycles. The van der Waals surface area contributed by atoms with Gasteiger partial charge < -0.3 is 10.4 Å². The number of aryl methyl sites for hydroxylation is 1. The van der Waals surface area contributed by atoms with Crippen molar-refractivity contribution in [2.24, 2.45) is 5.92 Å². The Labute approximate surface area is 109 Å². The molecule has 0 unspecified atom stereocenters. The van der Waals surface area contributed by atoms with Crippen LogP contribution in [0.2, 0.25) is 0 Å². The van der Waals surface area contributed by atoms with Crippen molar-refractivity contribution in [2.75, 3.05) is 5.32 Å². The Kier molecular flexibility index (Phi) is 5.69. The highest BCUT2D eigenvalue weighted by molar-refractivity contribution is 5.92. The Morgan fingerprint density at radius 3 is 2.39 bits per heavy atom. The number of hydrogen-bond donors (Lipinski definition) is 2. The molecule has 100 valence electrons. The van der Waals surface area contributed by atoms with Crippen molar-refractivity contribution in [3.63, 3.8) is 0 Å². The van der Waals surface area contributed by atoms with Crippen molar-refractivity contribution in [2.45, 2.75) is 46.5 Å². The van der Waals surface area contributed by atoms with Crippen molar-refractivity contribution in [3.8, 4) is 5.75 Å². The fourth-order valence-electron chi connectivity index (χ4n) is 2.08. The van der Waals surface area contributed by atoms with Gasteiger partial charge in [-0.1, -0.05) is 26.7 Å². The van der Waals surface area contributed by atoms with E-state index in [1.54, 1.807) is 18.2 Å². The second-order valence-electron chi connectivity index (χ2n) is 4.76. The van der Waals surface area contributed by atoms with Crippen molar-refractivity contribution in [1.29, 1.82) is 0 Å². The number of nitrogens with one attached hydrogen (secondary N) is 1. The molecule has 0 saturated carbocycles. The molecule has 1 aromatic carbocycles. The van der Waals surface area contributed by atoms with Crippen LogP contribution < -0.4 is 5.32 Å². The first-order valence-electron chi connectivity index (χ1n) is 6.69. The Hall–Kier alpha value is -1.51. The maximum Gasteiger partial charge on any atom is 0.227 e. The Morgan fingerprint density at radius 1 is 1.28 bits per heavy atom. The number of amides is 1. The maximum atomic E-state index is 12.1. The van der Waals surface area contributed by atoms with Crippen LogP contribution in [0, 0.1) is 12.8 Å². The second kappa shape index (κ2) is 7.04. The van der Waals surface area contributed by atoms with Gasteiger partial charge in [-0.3, -0.25) is 4.79 Å². The molecule has 0 spiro atoms. The molecule has 0 heterocycles. The molecule has 0 aliphatic rings. The van der Waals surface area contributed by atoms with Gasteiger partial charge in [-0.05, 0) is 43.5 Å². The van der Waals surface area contributed by atoms with Crippen LogP contribution in [0.15, 0.2) is 18.2 Å². The molecule has 0 aliphatic heterocycles. The second-order valence-corrected chi connectivity index (χ2v) is 4.76. The molecule has 3 nitrogen and oxygen atoms in total. The molecule has 1 amide bonds. The van der Waals surface area contributed by atoms with Crippen LogP contribution in [-0.4, -0.2) is 11.0 Å². The third-order valence-corrected chi connectivity index (χ3v) is 3.11. The molecule has 0 saturated heterocycles. The molecular weight excluding hydrogens is 226 g/mol. The smallest absolute Gasteiger partial charge is 0.227 e. The largest absolute Gasteiger partial charge is 0.508 e. The number of phenolic OH excluding ortho intramolecular Hbond substituents is 1. The first kappa shape index (κ1) is 14.6. The van der Waals surface area contributed by atoms with E-state index in [1.165, 1.54) is 0 Å². The summed E-state index contributed by atoms with van der Waals surface area (Å²) in [7, 11) is 0. The lowest BCUT2D eigenvalue weighted by Gasteiger charge is -2.15. The van der Waals surface area contributed by atoms with E-state index in [9.17, 15) is 9.90 Å². The number of phenols is 1. The first-order chi connectivity index (χ1) is 8.58. The van der Waals surface area contributed by atoms with Crippen molar-refractivity contribution < 1.29 is 9.90 Å². The fraction of sp³-hybridized carbons (Fsp3) is 0.533. The third kappa shape index (κ3) is 4.06. The van der Waals surface area contributed by atoms with E-state index in [4.69, 9.17) is 0 Å². The molecular formula is C15H23NO2. The molecule has 0 radical (unpaired) electrons. The topological polar surface area (TPSA) is 49.3 Å². The van der Waals surface area contributed by atoms with E-state index in [-0.39, 0.29) is 17.6 Å². The maximum absolute atomic E-state index is 12.1. The molecule has 1 rings (SSSR count). The Balaban J connectivity index is 2.69. The average Bonchev–Trinajstić information content (AvgIpc) is 2.33. The van der Waals surface area contributed by atoms with Gasteiger partial charge in [-0.15, -0.1) is 0 Å². The minimum Gasteiger partial charge on any atom is -0.508 e. The first-order valence-corrected chi connectivity index (χ1v) is 6.69.